The maximum atomic E-state index is 13.0. The molecule has 2 aromatic rings. The molecule has 29 heavy (non-hydrogen) atoms. The Bertz CT molecular complexity index is 832. The van der Waals surface area contributed by atoms with E-state index in [1.807, 2.05) is 46.0 Å². The molecule has 2 aromatic heterocycles. The summed E-state index contributed by atoms with van der Waals surface area (Å²) in [6.45, 7) is 10.3. The van der Waals surface area contributed by atoms with E-state index in [1.165, 1.54) is 5.56 Å². The number of hydrogen-bond acceptors (Lipinski definition) is 5. The third kappa shape index (κ3) is 5.41. The van der Waals surface area contributed by atoms with Crippen molar-refractivity contribution in [2.45, 2.75) is 46.5 Å². The number of nitrogens with zero attached hydrogens (tertiary/aromatic N) is 3. The molecular weight excluding hydrogens is 362 g/mol. The number of carbonyl (C=O) groups excluding carboxylic acids is 1. The molecule has 1 saturated heterocycles. The Labute approximate surface area is 174 Å². The summed E-state index contributed by atoms with van der Waals surface area (Å²) >= 11 is 0. The van der Waals surface area contributed by atoms with Crippen LogP contribution in [0.5, 0.6) is 5.88 Å². The highest BCUT2D eigenvalue weighted by Crippen LogP contribution is 2.35. The monoisotopic (exact) mass is 395 g/mol. The summed E-state index contributed by atoms with van der Waals surface area (Å²) in [4.78, 5) is 24.1. The van der Waals surface area contributed by atoms with E-state index >= 15 is 0 Å². The van der Waals surface area contributed by atoms with E-state index in [4.69, 9.17) is 4.74 Å². The lowest BCUT2D eigenvalue weighted by molar-refractivity contribution is -0.128. The number of aromatic nitrogens is 2. The van der Waals surface area contributed by atoms with Crippen LogP contribution < -0.4 is 4.74 Å². The van der Waals surface area contributed by atoms with Crippen molar-refractivity contribution < 1.29 is 9.53 Å². The van der Waals surface area contributed by atoms with E-state index in [0.29, 0.717) is 30.7 Å². The number of ketones is 1. The number of aryl methyl sites for hydroxylation is 2. The molecule has 1 aliphatic heterocycles. The van der Waals surface area contributed by atoms with Crippen LogP contribution in [0.1, 0.15) is 49.4 Å². The van der Waals surface area contributed by atoms with Gasteiger partial charge in [0.15, 0.2) is 0 Å². The molecule has 0 aliphatic carbocycles. The number of likely N-dealkylation sites (N-methyl/N-ethyl adjacent to an activating group) is 1. The van der Waals surface area contributed by atoms with Gasteiger partial charge in [-0.2, -0.15) is 0 Å². The summed E-state index contributed by atoms with van der Waals surface area (Å²) in [6, 6.07) is 8.12. The van der Waals surface area contributed by atoms with Crippen LogP contribution in [0.25, 0.3) is 0 Å². The van der Waals surface area contributed by atoms with Gasteiger partial charge < -0.3 is 9.64 Å². The lowest BCUT2D eigenvalue weighted by Gasteiger charge is -2.25. The number of pyridine rings is 2. The molecule has 0 unspecified atom stereocenters. The zero-order valence-corrected chi connectivity index (χ0v) is 18.3. The molecule has 0 amide bonds. The summed E-state index contributed by atoms with van der Waals surface area (Å²) in [5, 5.41) is 0. The fourth-order valence-corrected chi connectivity index (χ4v) is 4.06. The SMILES string of the molecule is Cc1ccc([C@H]2CN(C)C[C@@H]2CCC(=O)C(C)(C)COc2ncccc2C)cn1. The highest BCUT2D eigenvalue weighted by atomic mass is 16.5. The molecule has 0 saturated carbocycles. The van der Waals surface area contributed by atoms with Crippen LogP contribution in [-0.4, -0.2) is 47.4 Å². The standard InChI is InChI=1S/C24H33N3O2/c1-17-7-6-12-25-23(17)29-16-24(3,4)22(28)11-10-20-14-27(5)15-21(20)19-9-8-18(2)26-13-19/h6-9,12-13,20-21H,10-11,14-16H2,1-5H3/t20-,21+/m0/s1. The molecule has 156 valence electrons. The summed E-state index contributed by atoms with van der Waals surface area (Å²) in [6.07, 6.45) is 5.19. The van der Waals surface area contributed by atoms with Gasteiger partial charge in [0.2, 0.25) is 5.88 Å². The number of ether oxygens (including phenoxy) is 1. The molecule has 0 radical (unpaired) electrons. The molecule has 3 rings (SSSR count). The van der Waals surface area contributed by atoms with E-state index < -0.39 is 5.41 Å². The Morgan fingerprint density at radius 3 is 2.69 bits per heavy atom. The topological polar surface area (TPSA) is 55.3 Å². The quantitative estimate of drug-likeness (QED) is 0.671. The van der Waals surface area contributed by atoms with Gasteiger partial charge in [0.25, 0.3) is 0 Å². The number of carbonyl (C=O) groups is 1. The van der Waals surface area contributed by atoms with Crippen molar-refractivity contribution in [1.29, 1.82) is 0 Å². The van der Waals surface area contributed by atoms with Gasteiger partial charge in [0, 0.05) is 49.1 Å². The van der Waals surface area contributed by atoms with E-state index in [0.717, 1.165) is 30.8 Å². The van der Waals surface area contributed by atoms with Crippen molar-refractivity contribution >= 4 is 5.78 Å². The van der Waals surface area contributed by atoms with Crippen molar-refractivity contribution in [1.82, 2.24) is 14.9 Å². The fraction of sp³-hybridized carbons (Fsp3) is 0.542. The minimum absolute atomic E-state index is 0.251. The minimum Gasteiger partial charge on any atom is -0.476 e. The normalized spacial score (nSPS) is 20.0. The molecule has 1 fully saturated rings. The summed E-state index contributed by atoms with van der Waals surface area (Å²) < 4.78 is 5.86. The van der Waals surface area contributed by atoms with Gasteiger partial charge in [-0.05, 0) is 64.8 Å². The number of Topliss-reactive ketones (excluding diaryl/α,β-unsaturated/α-hetero) is 1. The van der Waals surface area contributed by atoms with E-state index in [2.05, 4.69) is 34.0 Å². The first-order valence-electron chi connectivity index (χ1n) is 10.4. The van der Waals surface area contributed by atoms with Crippen LogP contribution >= 0.6 is 0 Å². The molecule has 3 heterocycles. The average molecular weight is 396 g/mol. The zero-order chi connectivity index (χ0) is 21.0. The molecular formula is C24H33N3O2. The fourth-order valence-electron chi connectivity index (χ4n) is 4.06. The van der Waals surface area contributed by atoms with Crippen LogP contribution in [0.3, 0.4) is 0 Å². The van der Waals surface area contributed by atoms with Crippen LogP contribution in [-0.2, 0) is 4.79 Å². The second kappa shape index (κ2) is 9.04. The van der Waals surface area contributed by atoms with Gasteiger partial charge in [-0.3, -0.25) is 9.78 Å². The van der Waals surface area contributed by atoms with Crippen molar-refractivity contribution in [3.05, 3.63) is 53.5 Å². The average Bonchev–Trinajstić information content (AvgIpc) is 3.06. The zero-order valence-electron chi connectivity index (χ0n) is 18.3. The smallest absolute Gasteiger partial charge is 0.216 e. The van der Waals surface area contributed by atoms with Crippen molar-refractivity contribution in [3.63, 3.8) is 0 Å². The Hall–Kier alpha value is -2.27. The van der Waals surface area contributed by atoms with E-state index in [1.54, 1.807) is 6.20 Å². The molecule has 0 spiro atoms. The van der Waals surface area contributed by atoms with E-state index in [-0.39, 0.29) is 5.78 Å². The summed E-state index contributed by atoms with van der Waals surface area (Å²) in [5.41, 5.74) is 2.77. The molecule has 0 bridgehead atoms. The summed E-state index contributed by atoms with van der Waals surface area (Å²) in [5.74, 6) is 1.78. The highest BCUT2D eigenvalue weighted by molar-refractivity contribution is 5.84. The predicted octanol–water partition coefficient (Wildman–Crippen LogP) is 4.19. The van der Waals surface area contributed by atoms with Gasteiger partial charge in [-0.15, -0.1) is 0 Å². The Kier molecular flexibility index (Phi) is 6.68. The number of likely N-dealkylation sites (tertiary alicyclic amines) is 1. The number of rotatable bonds is 8. The van der Waals surface area contributed by atoms with Gasteiger partial charge in [0.1, 0.15) is 12.4 Å². The van der Waals surface area contributed by atoms with Crippen molar-refractivity contribution in [3.8, 4) is 5.88 Å². The molecule has 0 N–H and O–H groups in total. The highest BCUT2D eigenvalue weighted by Gasteiger charge is 2.34. The third-order valence-electron chi connectivity index (χ3n) is 6.01. The Morgan fingerprint density at radius 1 is 1.21 bits per heavy atom. The first-order valence-corrected chi connectivity index (χ1v) is 10.4. The maximum absolute atomic E-state index is 13.0. The molecule has 0 aromatic carbocycles. The lowest BCUT2D eigenvalue weighted by atomic mass is 9.81. The van der Waals surface area contributed by atoms with Crippen LogP contribution in [0.2, 0.25) is 0 Å². The second-order valence-corrected chi connectivity index (χ2v) is 9.08. The lowest BCUT2D eigenvalue weighted by Crippen LogP contribution is -2.32. The van der Waals surface area contributed by atoms with Crippen LogP contribution in [0, 0.1) is 25.2 Å². The second-order valence-electron chi connectivity index (χ2n) is 9.08. The van der Waals surface area contributed by atoms with Crippen molar-refractivity contribution in [2.24, 2.45) is 11.3 Å². The molecule has 2 atom stereocenters. The minimum atomic E-state index is -0.532. The Morgan fingerprint density at radius 2 is 2.00 bits per heavy atom. The summed E-state index contributed by atoms with van der Waals surface area (Å²) in [7, 11) is 2.16. The van der Waals surface area contributed by atoms with Gasteiger partial charge in [-0.25, -0.2) is 4.98 Å². The number of hydrogen-bond donors (Lipinski definition) is 0. The van der Waals surface area contributed by atoms with Gasteiger partial charge >= 0.3 is 0 Å². The van der Waals surface area contributed by atoms with E-state index in [9.17, 15) is 4.79 Å². The van der Waals surface area contributed by atoms with Crippen LogP contribution in [0.15, 0.2) is 36.7 Å². The molecule has 5 nitrogen and oxygen atoms in total. The Balaban J connectivity index is 1.57. The first-order chi connectivity index (χ1) is 13.8. The maximum Gasteiger partial charge on any atom is 0.216 e. The van der Waals surface area contributed by atoms with Gasteiger partial charge in [-0.1, -0.05) is 12.1 Å². The largest absolute Gasteiger partial charge is 0.476 e. The van der Waals surface area contributed by atoms with Gasteiger partial charge in [0.05, 0.1) is 5.41 Å². The predicted molar refractivity (Wildman–Crippen MR) is 115 cm³/mol. The van der Waals surface area contributed by atoms with Crippen LogP contribution in [0.4, 0.5) is 0 Å². The molecule has 1 aliphatic rings. The first kappa shape index (κ1) is 21.4. The third-order valence-corrected chi connectivity index (χ3v) is 6.01. The van der Waals surface area contributed by atoms with Crippen molar-refractivity contribution in [2.75, 3.05) is 26.7 Å². The molecule has 5 heteroatoms.